The molecule has 32 heavy (non-hydrogen) atoms. The first-order chi connectivity index (χ1) is 15.4. The van der Waals surface area contributed by atoms with Crippen molar-refractivity contribution in [2.75, 3.05) is 5.75 Å². The molecule has 3 aliphatic rings. The van der Waals surface area contributed by atoms with Gasteiger partial charge in [0.2, 0.25) is 0 Å². The number of hydrogen-bond donors (Lipinski definition) is 2. The molecule has 1 aromatic rings. The summed E-state index contributed by atoms with van der Waals surface area (Å²) in [6, 6.07) is 4.21. The second-order valence-corrected chi connectivity index (χ2v) is 11.6. The van der Waals surface area contributed by atoms with Crippen LogP contribution in [0, 0.1) is 23.2 Å². The van der Waals surface area contributed by atoms with E-state index in [1.54, 1.807) is 5.57 Å². The van der Waals surface area contributed by atoms with Crippen molar-refractivity contribution < 1.29 is 10.2 Å². The van der Waals surface area contributed by atoms with E-state index in [1.807, 2.05) is 24.2 Å². The van der Waals surface area contributed by atoms with Crippen LogP contribution < -0.4 is 0 Å². The van der Waals surface area contributed by atoms with Gasteiger partial charge in [0.15, 0.2) is 0 Å². The summed E-state index contributed by atoms with van der Waals surface area (Å²) in [7, 11) is 0. The van der Waals surface area contributed by atoms with Crippen LogP contribution in [0.5, 0.6) is 0 Å². The van der Waals surface area contributed by atoms with Crippen molar-refractivity contribution in [3.05, 3.63) is 60.0 Å². The zero-order valence-corrected chi connectivity index (χ0v) is 20.5. The van der Waals surface area contributed by atoms with E-state index in [2.05, 4.69) is 49.7 Å². The standard InChI is InChI=1S/C28H39NO2S/c1-19(12-16-32-24-10-14-29-15-11-24)25-8-9-26-21(5-4-13-28(25,26)3)6-7-22-17-23(30)18-27(31)20(22)2/h6-7,10-11,14-15,19,23,25-27,30-31H,2,4-5,8-9,12-13,16-18H2,1,3H3/t19-,23+,25?,26+,27-,28-/m1/s1. The molecule has 3 saturated carbocycles. The van der Waals surface area contributed by atoms with Crippen molar-refractivity contribution in [2.24, 2.45) is 23.2 Å². The quantitative estimate of drug-likeness (QED) is 0.493. The fourth-order valence-electron chi connectivity index (χ4n) is 6.68. The molecule has 3 aliphatic carbocycles. The van der Waals surface area contributed by atoms with Crippen LogP contribution in [-0.2, 0) is 0 Å². The number of allylic oxidation sites excluding steroid dienone is 3. The SMILES string of the molecule is C=C1C(=CC=C2CCC[C@]3(C)C([C@H](C)CCSc4ccncc4)CC[C@@H]23)C[C@H](O)C[C@H]1O. The Balaban J connectivity index is 1.41. The maximum absolute atomic E-state index is 10.2. The number of rotatable bonds is 6. The molecule has 3 nitrogen and oxygen atoms in total. The van der Waals surface area contributed by atoms with Gasteiger partial charge in [0.1, 0.15) is 0 Å². The fraction of sp³-hybridized carbons (Fsp3) is 0.607. The minimum Gasteiger partial charge on any atom is -0.393 e. The average Bonchev–Trinajstić information content (AvgIpc) is 3.13. The number of aliphatic hydroxyl groups is 2. The van der Waals surface area contributed by atoms with E-state index >= 15 is 0 Å². The van der Waals surface area contributed by atoms with Crippen LogP contribution in [0.25, 0.3) is 0 Å². The molecule has 174 valence electrons. The van der Waals surface area contributed by atoms with Crippen molar-refractivity contribution in [1.82, 2.24) is 4.98 Å². The number of hydrogen-bond acceptors (Lipinski definition) is 4. The van der Waals surface area contributed by atoms with Crippen LogP contribution in [-0.4, -0.2) is 33.2 Å². The van der Waals surface area contributed by atoms with Gasteiger partial charge in [0, 0.05) is 23.7 Å². The van der Waals surface area contributed by atoms with Crippen LogP contribution in [0.15, 0.2) is 64.9 Å². The summed E-state index contributed by atoms with van der Waals surface area (Å²) in [6.45, 7) is 9.10. The predicted octanol–water partition coefficient (Wildman–Crippen LogP) is 6.34. The summed E-state index contributed by atoms with van der Waals surface area (Å²) in [4.78, 5) is 5.43. The van der Waals surface area contributed by atoms with Gasteiger partial charge in [-0.2, -0.15) is 0 Å². The molecular weight excluding hydrogens is 414 g/mol. The van der Waals surface area contributed by atoms with Gasteiger partial charge in [-0.05, 0) is 97.1 Å². The molecule has 1 unspecified atom stereocenters. The van der Waals surface area contributed by atoms with Crippen molar-refractivity contribution in [3.8, 4) is 0 Å². The smallest absolute Gasteiger partial charge is 0.0811 e. The lowest BCUT2D eigenvalue weighted by Gasteiger charge is -2.44. The Labute approximate surface area is 198 Å². The zero-order valence-electron chi connectivity index (χ0n) is 19.7. The van der Waals surface area contributed by atoms with E-state index in [9.17, 15) is 10.2 Å². The molecule has 0 aromatic carbocycles. The molecule has 2 N–H and O–H groups in total. The maximum atomic E-state index is 10.2. The van der Waals surface area contributed by atoms with Crippen LogP contribution in [0.2, 0.25) is 0 Å². The molecule has 0 saturated heterocycles. The average molecular weight is 454 g/mol. The molecule has 4 heteroatoms. The highest BCUT2D eigenvalue weighted by Gasteiger charge is 2.50. The second kappa shape index (κ2) is 10.3. The maximum Gasteiger partial charge on any atom is 0.0811 e. The lowest BCUT2D eigenvalue weighted by molar-refractivity contribution is 0.0861. The highest BCUT2D eigenvalue weighted by atomic mass is 32.2. The Morgan fingerprint density at radius 3 is 2.81 bits per heavy atom. The summed E-state index contributed by atoms with van der Waals surface area (Å²) in [5, 5.41) is 20.2. The Kier molecular flexibility index (Phi) is 7.64. The first-order valence-electron chi connectivity index (χ1n) is 12.4. The van der Waals surface area contributed by atoms with Gasteiger partial charge >= 0.3 is 0 Å². The molecule has 0 radical (unpaired) electrons. The summed E-state index contributed by atoms with van der Waals surface area (Å²) in [5.74, 6) is 3.36. The van der Waals surface area contributed by atoms with E-state index in [-0.39, 0.29) is 0 Å². The molecule has 1 heterocycles. The van der Waals surface area contributed by atoms with Gasteiger partial charge in [-0.1, -0.05) is 38.2 Å². The van der Waals surface area contributed by atoms with E-state index < -0.39 is 12.2 Å². The van der Waals surface area contributed by atoms with Crippen LogP contribution in [0.4, 0.5) is 0 Å². The molecule has 0 spiro atoms. The Bertz CT molecular complexity index is 863. The number of nitrogens with zero attached hydrogens (tertiary/aromatic N) is 1. The lowest BCUT2D eigenvalue weighted by atomic mass is 9.61. The van der Waals surface area contributed by atoms with Crippen LogP contribution >= 0.6 is 11.8 Å². The third-order valence-corrected chi connectivity index (χ3v) is 9.53. The minimum absolute atomic E-state index is 0.395. The van der Waals surface area contributed by atoms with Gasteiger partial charge in [-0.3, -0.25) is 4.98 Å². The molecular formula is C28H39NO2S. The molecule has 4 rings (SSSR count). The fourth-order valence-corrected chi connectivity index (χ4v) is 7.72. The van der Waals surface area contributed by atoms with Gasteiger partial charge < -0.3 is 10.2 Å². The Hall–Kier alpha value is -1.36. The summed E-state index contributed by atoms with van der Waals surface area (Å²) >= 11 is 1.95. The predicted molar refractivity (Wildman–Crippen MR) is 133 cm³/mol. The molecule has 0 aliphatic heterocycles. The number of fused-ring (bicyclic) bond motifs is 1. The van der Waals surface area contributed by atoms with Gasteiger partial charge in [-0.25, -0.2) is 0 Å². The Morgan fingerprint density at radius 1 is 1.25 bits per heavy atom. The number of thioether (sulfide) groups is 1. The first-order valence-corrected chi connectivity index (χ1v) is 13.3. The third-order valence-electron chi connectivity index (χ3n) is 8.48. The van der Waals surface area contributed by atoms with Crippen molar-refractivity contribution in [3.63, 3.8) is 0 Å². The molecule has 0 bridgehead atoms. The van der Waals surface area contributed by atoms with Gasteiger partial charge in [-0.15, -0.1) is 11.8 Å². The van der Waals surface area contributed by atoms with Gasteiger partial charge in [0.05, 0.1) is 12.2 Å². The number of aliphatic hydroxyl groups excluding tert-OH is 2. The molecule has 6 atom stereocenters. The summed E-state index contributed by atoms with van der Waals surface area (Å²) < 4.78 is 0. The third kappa shape index (κ3) is 5.08. The lowest BCUT2D eigenvalue weighted by Crippen LogP contribution is -2.36. The topological polar surface area (TPSA) is 53.4 Å². The molecule has 3 fully saturated rings. The summed E-state index contributed by atoms with van der Waals surface area (Å²) in [5.41, 5.74) is 3.78. The molecule has 0 amide bonds. The normalized spacial score (nSPS) is 36.4. The van der Waals surface area contributed by atoms with E-state index in [0.717, 1.165) is 23.0 Å². The second-order valence-electron chi connectivity index (χ2n) is 10.5. The minimum atomic E-state index is -0.609. The van der Waals surface area contributed by atoms with Crippen molar-refractivity contribution in [2.45, 2.75) is 82.3 Å². The number of pyridine rings is 1. The molecule has 1 aromatic heterocycles. The van der Waals surface area contributed by atoms with E-state index in [1.165, 1.54) is 49.2 Å². The highest BCUT2D eigenvalue weighted by Crippen LogP contribution is 2.59. The van der Waals surface area contributed by atoms with Crippen LogP contribution in [0.3, 0.4) is 0 Å². The Morgan fingerprint density at radius 2 is 2.03 bits per heavy atom. The van der Waals surface area contributed by atoms with Crippen molar-refractivity contribution in [1.29, 1.82) is 0 Å². The monoisotopic (exact) mass is 453 g/mol. The van der Waals surface area contributed by atoms with Gasteiger partial charge in [0.25, 0.3) is 0 Å². The highest BCUT2D eigenvalue weighted by molar-refractivity contribution is 7.99. The van der Waals surface area contributed by atoms with Crippen LogP contribution in [0.1, 0.15) is 65.2 Å². The first kappa shape index (κ1) is 23.8. The summed E-state index contributed by atoms with van der Waals surface area (Å²) in [6.07, 6.45) is 15.8. The van der Waals surface area contributed by atoms with E-state index in [4.69, 9.17) is 0 Å². The van der Waals surface area contributed by atoms with E-state index in [0.29, 0.717) is 24.2 Å². The largest absolute Gasteiger partial charge is 0.393 e. The zero-order chi connectivity index (χ0) is 22.7. The van der Waals surface area contributed by atoms with Crippen molar-refractivity contribution >= 4 is 11.8 Å². The number of aromatic nitrogens is 1.